The number of carbonyl (C=O) groups is 1. The minimum absolute atomic E-state index is 0.132. The Hall–Kier alpha value is -3.15. The lowest BCUT2D eigenvalue weighted by molar-refractivity contribution is -0.116. The van der Waals surface area contributed by atoms with E-state index in [2.05, 4.69) is 15.4 Å². The summed E-state index contributed by atoms with van der Waals surface area (Å²) in [5, 5.41) is 7.11. The van der Waals surface area contributed by atoms with E-state index in [1.807, 2.05) is 55.1 Å². The largest absolute Gasteiger partial charge is 0.347 e. The van der Waals surface area contributed by atoms with E-state index in [4.69, 9.17) is 0 Å². The van der Waals surface area contributed by atoms with E-state index < -0.39 is 0 Å². The molecule has 0 bridgehead atoms. The molecule has 6 heteroatoms. The molecule has 24 heavy (non-hydrogen) atoms. The van der Waals surface area contributed by atoms with E-state index in [-0.39, 0.29) is 5.91 Å². The maximum absolute atomic E-state index is 11.9. The van der Waals surface area contributed by atoms with Gasteiger partial charge in [0.25, 0.3) is 0 Å². The molecule has 0 saturated heterocycles. The number of hydrogen-bond donors (Lipinski definition) is 1. The van der Waals surface area contributed by atoms with Crippen molar-refractivity contribution >= 4 is 12.0 Å². The predicted molar refractivity (Wildman–Crippen MR) is 92.4 cm³/mol. The Bertz CT molecular complexity index is 844. The van der Waals surface area contributed by atoms with Crippen LogP contribution in [0.15, 0.2) is 55.1 Å². The van der Waals surface area contributed by atoms with Crippen LogP contribution in [0, 0.1) is 6.92 Å². The lowest BCUT2D eigenvalue weighted by atomic mass is 10.2. The minimum atomic E-state index is -0.132. The molecule has 1 N–H and O–H groups in total. The van der Waals surface area contributed by atoms with Gasteiger partial charge >= 0.3 is 0 Å². The maximum atomic E-state index is 11.9. The highest BCUT2D eigenvalue weighted by molar-refractivity contribution is 5.91. The van der Waals surface area contributed by atoms with Gasteiger partial charge in [0.1, 0.15) is 0 Å². The Kier molecular flexibility index (Phi) is 4.56. The fraction of sp³-hybridized carbons (Fsp3) is 0.167. The van der Waals surface area contributed by atoms with Crippen LogP contribution in [0.2, 0.25) is 0 Å². The fourth-order valence-electron chi connectivity index (χ4n) is 2.41. The summed E-state index contributed by atoms with van der Waals surface area (Å²) in [6.07, 6.45) is 8.70. The average Bonchev–Trinajstić information content (AvgIpc) is 3.21. The first-order chi connectivity index (χ1) is 11.6. The number of imidazole rings is 1. The number of carbonyl (C=O) groups excluding carboxylic acids is 1. The number of nitrogens with one attached hydrogen (secondary N) is 1. The van der Waals surface area contributed by atoms with Gasteiger partial charge in [-0.25, -0.2) is 4.98 Å². The first kappa shape index (κ1) is 15.7. The van der Waals surface area contributed by atoms with Gasteiger partial charge in [-0.15, -0.1) is 0 Å². The Balaban J connectivity index is 1.57. The van der Waals surface area contributed by atoms with E-state index in [9.17, 15) is 4.79 Å². The summed E-state index contributed by atoms with van der Waals surface area (Å²) in [4.78, 5) is 15.9. The zero-order chi connectivity index (χ0) is 16.9. The predicted octanol–water partition coefficient (Wildman–Crippen LogP) is 2.24. The molecule has 3 aromatic rings. The number of benzene rings is 1. The SMILES string of the molecule is Cc1cc(CNC(=O)/C=C/c2ccc(-n3ccnc3)cc2)n(C)n1. The Morgan fingerprint density at radius 3 is 2.71 bits per heavy atom. The Labute approximate surface area is 140 Å². The van der Waals surface area contributed by atoms with Crippen molar-refractivity contribution in [2.45, 2.75) is 13.5 Å². The summed E-state index contributed by atoms with van der Waals surface area (Å²) in [6.45, 7) is 2.39. The molecule has 0 atom stereocenters. The molecule has 0 fully saturated rings. The van der Waals surface area contributed by atoms with Crippen LogP contribution in [0.1, 0.15) is 17.0 Å². The molecule has 1 amide bonds. The average molecular weight is 321 g/mol. The molecule has 2 aromatic heterocycles. The van der Waals surface area contributed by atoms with Crippen molar-refractivity contribution in [2.24, 2.45) is 7.05 Å². The molecule has 6 nitrogen and oxygen atoms in total. The van der Waals surface area contributed by atoms with Crippen molar-refractivity contribution in [3.8, 4) is 5.69 Å². The molecule has 0 aliphatic heterocycles. The third kappa shape index (κ3) is 3.78. The molecule has 3 rings (SSSR count). The molecule has 0 spiro atoms. The fourth-order valence-corrected chi connectivity index (χ4v) is 2.41. The van der Waals surface area contributed by atoms with E-state index in [0.717, 1.165) is 22.6 Å². The Morgan fingerprint density at radius 1 is 1.29 bits per heavy atom. The normalized spacial score (nSPS) is 11.1. The molecule has 0 aliphatic carbocycles. The van der Waals surface area contributed by atoms with E-state index in [0.29, 0.717) is 6.54 Å². The van der Waals surface area contributed by atoms with Crippen LogP contribution < -0.4 is 5.32 Å². The number of nitrogens with zero attached hydrogens (tertiary/aromatic N) is 4. The van der Waals surface area contributed by atoms with Crippen molar-refractivity contribution in [1.29, 1.82) is 0 Å². The van der Waals surface area contributed by atoms with Gasteiger partial charge in [0.2, 0.25) is 5.91 Å². The lowest BCUT2D eigenvalue weighted by Crippen LogP contribution is -2.21. The van der Waals surface area contributed by atoms with Gasteiger partial charge in [-0.1, -0.05) is 12.1 Å². The summed E-state index contributed by atoms with van der Waals surface area (Å²) >= 11 is 0. The van der Waals surface area contributed by atoms with Gasteiger partial charge in [0.05, 0.1) is 24.3 Å². The number of hydrogen-bond acceptors (Lipinski definition) is 3. The number of aromatic nitrogens is 4. The molecule has 1 aromatic carbocycles. The first-order valence-corrected chi connectivity index (χ1v) is 7.65. The smallest absolute Gasteiger partial charge is 0.244 e. The summed E-state index contributed by atoms with van der Waals surface area (Å²) in [5.74, 6) is -0.132. The van der Waals surface area contributed by atoms with Crippen LogP contribution in [-0.2, 0) is 18.4 Å². The van der Waals surface area contributed by atoms with E-state index in [1.165, 1.54) is 6.08 Å². The first-order valence-electron chi connectivity index (χ1n) is 7.65. The second kappa shape index (κ2) is 6.95. The molecule has 0 saturated carbocycles. The Morgan fingerprint density at radius 2 is 2.08 bits per heavy atom. The minimum Gasteiger partial charge on any atom is -0.347 e. The second-order valence-corrected chi connectivity index (χ2v) is 5.51. The number of aryl methyl sites for hydroxylation is 2. The molecule has 0 aliphatic rings. The summed E-state index contributed by atoms with van der Waals surface area (Å²) in [7, 11) is 1.87. The third-order valence-electron chi connectivity index (χ3n) is 3.67. The van der Waals surface area contributed by atoms with Gasteiger partial charge in [0.15, 0.2) is 0 Å². The van der Waals surface area contributed by atoms with Gasteiger partial charge in [-0.3, -0.25) is 9.48 Å². The van der Waals surface area contributed by atoms with Crippen molar-refractivity contribution in [3.05, 3.63) is 72.1 Å². The van der Waals surface area contributed by atoms with Crippen molar-refractivity contribution in [3.63, 3.8) is 0 Å². The standard InChI is InChI=1S/C18H19N5O/c1-14-11-17(22(2)21-14)12-20-18(24)8-5-15-3-6-16(7-4-15)23-10-9-19-13-23/h3-11,13H,12H2,1-2H3,(H,20,24)/b8-5+. The highest BCUT2D eigenvalue weighted by atomic mass is 16.1. The highest BCUT2D eigenvalue weighted by Gasteiger charge is 2.03. The second-order valence-electron chi connectivity index (χ2n) is 5.51. The molecule has 0 unspecified atom stereocenters. The van der Waals surface area contributed by atoms with Crippen LogP contribution in [0.5, 0.6) is 0 Å². The van der Waals surface area contributed by atoms with Crippen LogP contribution in [0.4, 0.5) is 0 Å². The van der Waals surface area contributed by atoms with Crippen molar-refractivity contribution in [1.82, 2.24) is 24.6 Å². The monoisotopic (exact) mass is 321 g/mol. The summed E-state index contributed by atoms with van der Waals surface area (Å²) in [5.41, 5.74) is 3.90. The van der Waals surface area contributed by atoms with Crippen LogP contribution >= 0.6 is 0 Å². The van der Waals surface area contributed by atoms with Crippen LogP contribution in [-0.4, -0.2) is 25.2 Å². The van der Waals surface area contributed by atoms with E-state index in [1.54, 1.807) is 23.3 Å². The zero-order valence-corrected chi connectivity index (χ0v) is 13.7. The molecular formula is C18H19N5O. The summed E-state index contributed by atoms with van der Waals surface area (Å²) < 4.78 is 3.70. The summed E-state index contributed by atoms with van der Waals surface area (Å²) in [6, 6.07) is 9.85. The molecular weight excluding hydrogens is 302 g/mol. The topological polar surface area (TPSA) is 64.7 Å². The van der Waals surface area contributed by atoms with Crippen LogP contribution in [0.25, 0.3) is 11.8 Å². The van der Waals surface area contributed by atoms with E-state index >= 15 is 0 Å². The molecule has 2 heterocycles. The van der Waals surface area contributed by atoms with Gasteiger partial charge < -0.3 is 9.88 Å². The van der Waals surface area contributed by atoms with Crippen molar-refractivity contribution < 1.29 is 4.79 Å². The van der Waals surface area contributed by atoms with Gasteiger partial charge in [-0.2, -0.15) is 5.10 Å². The van der Waals surface area contributed by atoms with Crippen molar-refractivity contribution in [2.75, 3.05) is 0 Å². The quantitative estimate of drug-likeness (QED) is 0.733. The highest BCUT2D eigenvalue weighted by Crippen LogP contribution is 2.10. The lowest BCUT2D eigenvalue weighted by Gasteiger charge is -2.03. The molecule has 122 valence electrons. The maximum Gasteiger partial charge on any atom is 0.244 e. The number of rotatable bonds is 5. The molecule has 0 radical (unpaired) electrons. The third-order valence-corrected chi connectivity index (χ3v) is 3.67. The van der Waals surface area contributed by atoms with Gasteiger partial charge in [-0.05, 0) is 36.8 Å². The van der Waals surface area contributed by atoms with Crippen LogP contribution in [0.3, 0.4) is 0 Å². The van der Waals surface area contributed by atoms with Gasteiger partial charge in [0, 0.05) is 31.2 Å². The number of amides is 1. The zero-order valence-electron chi connectivity index (χ0n) is 13.7.